The molecular weight excluding hydrogens is 282 g/mol. The molecule has 1 aliphatic rings. The molecule has 3 heteroatoms. The molecular formula is C20H31N3. The van der Waals surface area contributed by atoms with Crippen LogP contribution in [0.1, 0.15) is 30.2 Å². The van der Waals surface area contributed by atoms with E-state index in [9.17, 15) is 0 Å². The highest BCUT2D eigenvalue weighted by molar-refractivity contribution is 5.88. The summed E-state index contributed by atoms with van der Waals surface area (Å²) >= 11 is 0. The van der Waals surface area contributed by atoms with E-state index in [0.29, 0.717) is 0 Å². The lowest BCUT2D eigenvalue weighted by atomic mass is 10.0. The van der Waals surface area contributed by atoms with Crippen LogP contribution in [-0.4, -0.2) is 54.1 Å². The average molecular weight is 313 g/mol. The van der Waals surface area contributed by atoms with Gasteiger partial charge in [0.15, 0.2) is 0 Å². The van der Waals surface area contributed by atoms with Gasteiger partial charge in [-0.2, -0.15) is 0 Å². The molecule has 0 amide bonds. The molecule has 0 unspecified atom stereocenters. The van der Waals surface area contributed by atoms with E-state index in [1.54, 1.807) is 5.56 Å². The molecule has 0 spiro atoms. The van der Waals surface area contributed by atoms with Gasteiger partial charge in [0.1, 0.15) is 0 Å². The highest BCUT2D eigenvalue weighted by Crippen LogP contribution is 2.29. The Morgan fingerprint density at radius 2 is 1.78 bits per heavy atom. The maximum absolute atomic E-state index is 2.62. The molecule has 1 fully saturated rings. The Labute approximate surface area is 140 Å². The van der Waals surface area contributed by atoms with Crippen molar-refractivity contribution in [3.05, 3.63) is 35.0 Å². The number of nitrogens with zero attached hydrogens (tertiary/aromatic N) is 3. The first-order valence-electron chi connectivity index (χ1n) is 9.10. The zero-order valence-electron chi connectivity index (χ0n) is 15.2. The van der Waals surface area contributed by atoms with E-state index in [4.69, 9.17) is 0 Å². The highest BCUT2D eigenvalue weighted by Gasteiger charge is 2.16. The van der Waals surface area contributed by atoms with E-state index in [1.807, 2.05) is 0 Å². The van der Waals surface area contributed by atoms with Crippen LogP contribution in [0.25, 0.3) is 10.9 Å². The second-order valence-corrected chi connectivity index (χ2v) is 7.03. The molecule has 1 aromatic heterocycles. The summed E-state index contributed by atoms with van der Waals surface area (Å²) in [5.41, 5.74) is 5.88. The Hall–Kier alpha value is -1.32. The van der Waals surface area contributed by atoms with E-state index in [2.05, 4.69) is 60.4 Å². The van der Waals surface area contributed by atoms with E-state index in [1.165, 1.54) is 67.7 Å². The normalized spacial score (nSPS) is 17.2. The number of aromatic nitrogens is 1. The van der Waals surface area contributed by atoms with Crippen LogP contribution in [0.3, 0.4) is 0 Å². The minimum absolute atomic E-state index is 1.06. The first-order chi connectivity index (χ1) is 11.1. The predicted octanol–water partition coefficient (Wildman–Crippen LogP) is 3.46. The third-order valence-electron chi connectivity index (χ3n) is 5.49. The standard InChI is InChI=1S/C20H31N3/c1-5-23-17(3)18(19-9-6-8-16(2)20(19)23)10-7-11-22-14-12-21(4)13-15-22/h6,8-9H,5,7,10-15H2,1-4H3. The number of para-hydroxylation sites is 1. The average Bonchev–Trinajstić information content (AvgIpc) is 2.82. The molecule has 1 saturated heterocycles. The van der Waals surface area contributed by atoms with Crippen molar-refractivity contribution in [2.75, 3.05) is 39.8 Å². The number of likely N-dealkylation sites (N-methyl/N-ethyl adjacent to an activating group) is 1. The fourth-order valence-electron chi connectivity index (χ4n) is 4.05. The van der Waals surface area contributed by atoms with Gasteiger partial charge in [-0.05, 0) is 58.3 Å². The van der Waals surface area contributed by atoms with Gasteiger partial charge in [0.2, 0.25) is 0 Å². The molecule has 0 radical (unpaired) electrons. The number of piperazine rings is 1. The Morgan fingerprint density at radius 3 is 2.48 bits per heavy atom. The SMILES string of the molecule is CCn1c(C)c(CCCN2CCN(C)CC2)c2cccc(C)c21. The molecule has 2 aromatic rings. The lowest BCUT2D eigenvalue weighted by Gasteiger charge is -2.32. The van der Waals surface area contributed by atoms with Gasteiger partial charge in [-0.3, -0.25) is 0 Å². The Bertz CT molecular complexity index is 663. The van der Waals surface area contributed by atoms with Crippen molar-refractivity contribution in [2.24, 2.45) is 0 Å². The summed E-state index contributed by atoms with van der Waals surface area (Å²) in [6, 6.07) is 6.76. The molecule has 3 nitrogen and oxygen atoms in total. The van der Waals surface area contributed by atoms with Gasteiger partial charge in [0.05, 0.1) is 5.52 Å². The molecule has 1 aliphatic heterocycles. The van der Waals surface area contributed by atoms with Crippen LogP contribution in [0.2, 0.25) is 0 Å². The van der Waals surface area contributed by atoms with E-state index < -0.39 is 0 Å². The smallest absolute Gasteiger partial charge is 0.0514 e. The topological polar surface area (TPSA) is 11.4 Å². The van der Waals surface area contributed by atoms with Gasteiger partial charge >= 0.3 is 0 Å². The second kappa shape index (κ2) is 7.06. The fourth-order valence-corrected chi connectivity index (χ4v) is 4.05. The van der Waals surface area contributed by atoms with Crippen molar-refractivity contribution in [2.45, 2.75) is 40.2 Å². The minimum atomic E-state index is 1.06. The summed E-state index contributed by atoms with van der Waals surface area (Å²) in [7, 11) is 2.22. The fraction of sp³-hybridized carbons (Fsp3) is 0.600. The van der Waals surface area contributed by atoms with Gasteiger partial charge in [-0.25, -0.2) is 0 Å². The summed E-state index contributed by atoms with van der Waals surface area (Å²) in [5, 5.41) is 1.47. The largest absolute Gasteiger partial charge is 0.345 e. The maximum atomic E-state index is 2.62. The Morgan fingerprint density at radius 1 is 1.04 bits per heavy atom. The van der Waals surface area contributed by atoms with Crippen LogP contribution in [0.4, 0.5) is 0 Å². The summed E-state index contributed by atoms with van der Waals surface area (Å²) in [6.07, 6.45) is 2.46. The molecule has 0 aliphatic carbocycles. The van der Waals surface area contributed by atoms with Gasteiger partial charge in [-0.1, -0.05) is 18.2 Å². The molecule has 0 bridgehead atoms. The van der Waals surface area contributed by atoms with Crippen molar-refractivity contribution >= 4 is 10.9 Å². The summed E-state index contributed by atoms with van der Waals surface area (Å²) in [6.45, 7) is 14.0. The number of aryl methyl sites for hydroxylation is 3. The number of fused-ring (bicyclic) bond motifs is 1. The van der Waals surface area contributed by atoms with Crippen LogP contribution >= 0.6 is 0 Å². The maximum Gasteiger partial charge on any atom is 0.0514 e. The number of hydrogen-bond acceptors (Lipinski definition) is 2. The van der Waals surface area contributed by atoms with Gasteiger partial charge in [-0.15, -0.1) is 0 Å². The van der Waals surface area contributed by atoms with Crippen LogP contribution < -0.4 is 0 Å². The summed E-state index contributed by atoms with van der Waals surface area (Å²) in [4.78, 5) is 5.05. The van der Waals surface area contributed by atoms with Crippen molar-refractivity contribution in [3.8, 4) is 0 Å². The zero-order chi connectivity index (χ0) is 16.4. The quantitative estimate of drug-likeness (QED) is 0.837. The third kappa shape index (κ3) is 3.31. The van der Waals surface area contributed by atoms with E-state index in [0.717, 1.165) is 6.54 Å². The Kier molecular flexibility index (Phi) is 5.08. The van der Waals surface area contributed by atoms with Crippen molar-refractivity contribution in [3.63, 3.8) is 0 Å². The molecule has 126 valence electrons. The number of benzene rings is 1. The van der Waals surface area contributed by atoms with Crippen molar-refractivity contribution in [1.29, 1.82) is 0 Å². The third-order valence-corrected chi connectivity index (χ3v) is 5.49. The van der Waals surface area contributed by atoms with Gasteiger partial charge in [0.25, 0.3) is 0 Å². The lowest BCUT2D eigenvalue weighted by molar-refractivity contribution is 0.153. The van der Waals surface area contributed by atoms with Gasteiger partial charge < -0.3 is 14.4 Å². The predicted molar refractivity (Wildman–Crippen MR) is 99.3 cm³/mol. The molecule has 2 heterocycles. The van der Waals surface area contributed by atoms with E-state index >= 15 is 0 Å². The monoisotopic (exact) mass is 313 g/mol. The molecule has 23 heavy (non-hydrogen) atoms. The van der Waals surface area contributed by atoms with E-state index in [-0.39, 0.29) is 0 Å². The number of rotatable bonds is 5. The zero-order valence-corrected chi connectivity index (χ0v) is 15.2. The minimum Gasteiger partial charge on any atom is -0.345 e. The van der Waals surface area contributed by atoms with Crippen LogP contribution in [0, 0.1) is 13.8 Å². The van der Waals surface area contributed by atoms with Crippen LogP contribution in [0.15, 0.2) is 18.2 Å². The lowest BCUT2D eigenvalue weighted by Crippen LogP contribution is -2.44. The van der Waals surface area contributed by atoms with Gasteiger partial charge in [0, 0.05) is 43.8 Å². The number of hydrogen-bond donors (Lipinski definition) is 0. The summed E-state index contributed by atoms with van der Waals surface area (Å²) in [5.74, 6) is 0. The molecule has 0 N–H and O–H groups in total. The Balaban J connectivity index is 1.73. The van der Waals surface area contributed by atoms with Crippen LogP contribution in [-0.2, 0) is 13.0 Å². The molecule has 3 rings (SSSR count). The van der Waals surface area contributed by atoms with Crippen molar-refractivity contribution in [1.82, 2.24) is 14.4 Å². The van der Waals surface area contributed by atoms with Crippen LogP contribution in [0.5, 0.6) is 0 Å². The summed E-state index contributed by atoms with van der Waals surface area (Å²) < 4.78 is 2.50. The first-order valence-corrected chi connectivity index (χ1v) is 9.10. The first kappa shape index (κ1) is 16.5. The van der Waals surface area contributed by atoms with Crippen molar-refractivity contribution < 1.29 is 0 Å². The molecule has 0 atom stereocenters. The highest BCUT2D eigenvalue weighted by atomic mass is 15.2. The second-order valence-electron chi connectivity index (χ2n) is 7.03. The molecule has 0 saturated carbocycles. The molecule has 1 aromatic carbocycles.